The van der Waals surface area contributed by atoms with E-state index in [0.29, 0.717) is 0 Å². The van der Waals surface area contributed by atoms with Gasteiger partial charge in [0.2, 0.25) is 0 Å². The highest BCUT2D eigenvalue weighted by molar-refractivity contribution is 5.81. The van der Waals surface area contributed by atoms with Crippen molar-refractivity contribution in [3.05, 3.63) is 29.8 Å². The molecule has 0 fully saturated rings. The molecule has 1 aromatic carbocycles. The van der Waals surface area contributed by atoms with E-state index in [-0.39, 0.29) is 5.56 Å². The Kier molecular flexibility index (Phi) is 4.28. The second-order valence-corrected chi connectivity index (χ2v) is 3.34. The Morgan fingerprint density at radius 2 is 1.68 bits per heavy atom. The number of para-hydroxylation sites is 1. The fourth-order valence-corrected chi connectivity index (χ4v) is 1.15. The lowest BCUT2D eigenvalue weighted by Gasteiger charge is -2.14. The van der Waals surface area contributed by atoms with Gasteiger partial charge in [-0.3, -0.25) is 4.79 Å². The minimum absolute atomic E-state index is 0.225. The van der Waals surface area contributed by atoms with Gasteiger partial charge in [-0.25, -0.2) is 0 Å². The van der Waals surface area contributed by atoms with E-state index in [2.05, 4.69) is 4.74 Å². The van der Waals surface area contributed by atoms with Crippen LogP contribution in [0.5, 0.6) is 5.75 Å². The first-order chi connectivity index (χ1) is 8.59. The Balaban J connectivity index is 2.77. The van der Waals surface area contributed by atoms with Crippen LogP contribution in [0.25, 0.3) is 0 Å². The molecule has 1 rings (SSSR count). The van der Waals surface area contributed by atoms with Crippen LogP contribution in [0.15, 0.2) is 24.3 Å². The summed E-state index contributed by atoms with van der Waals surface area (Å²) in [5.74, 6) is -2.91. The molecule has 0 spiro atoms. The van der Waals surface area contributed by atoms with Crippen molar-refractivity contribution in [2.24, 2.45) is 0 Å². The molecule has 9 heteroatoms. The summed E-state index contributed by atoms with van der Waals surface area (Å²) < 4.78 is 75.4. The van der Waals surface area contributed by atoms with E-state index in [1.807, 2.05) is 0 Å². The zero-order chi connectivity index (χ0) is 14.7. The average molecular weight is 287 g/mol. The lowest BCUT2D eigenvalue weighted by molar-refractivity contribution is -0.274. The lowest BCUT2D eigenvalue weighted by Crippen LogP contribution is -2.36. The molecule has 0 heterocycles. The van der Waals surface area contributed by atoms with E-state index in [0.717, 1.165) is 12.1 Å². The van der Waals surface area contributed by atoms with E-state index < -0.39 is 30.7 Å². The Morgan fingerprint density at radius 3 is 2.21 bits per heavy atom. The first-order valence-corrected chi connectivity index (χ1v) is 4.78. The topological polar surface area (TPSA) is 38.3 Å². The number of alkyl halides is 6. The molecule has 0 aliphatic rings. The van der Waals surface area contributed by atoms with Crippen LogP contribution in [0, 0.1) is 0 Å². The van der Waals surface area contributed by atoms with Gasteiger partial charge in [0, 0.05) is 12.1 Å². The smallest absolute Gasteiger partial charge is 0.405 e. The Morgan fingerprint density at radius 1 is 1.11 bits per heavy atom. The maximum Gasteiger partial charge on any atom is 0.573 e. The predicted octanol–water partition coefficient (Wildman–Crippen LogP) is 2.76. The summed E-state index contributed by atoms with van der Waals surface area (Å²) in [5.41, 5.74) is -0.225. The van der Waals surface area contributed by atoms with Crippen LogP contribution in [0.1, 0.15) is 5.56 Å². The highest BCUT2D eigenvalue weighted by Gasteiger charge is 2.38. The third kappa shape index (κ3) is 5.06. The summed E-state index contributed by atoms with van der Waals surface area (Å²) in [6.07, 6.45) is -10.1. The van der Waals surface area contributed by atoms with Crippen molar-refractivity contribution in [3.63, 3.8) is 0 Å². The predicted molar refractivity (Wildman–Crippen MR) is 51.0 cm³/mol. The molecule has 0 saturated carbocycles. The molecule has 0 radical (unpaired) electrons. The molecular formula is C10H7F6NO2. The van der Waals surface area contributed by atoms with Gasteiger partial charge in [-0.1, -0.05) is 18.2 Å². The molecule has 106 valence electrons. The number of nitrogens with one attached hydrogen (secondary N) is 1. The zero-order valence-electron chi connectivity index (χ0n) is 9.10. The van der Waals surface area contributed by atoms with Crippen LogP contribution in [-0.2, 0) is 11.3 Å². The summed E-state index contributed by atoms with van der Waals surface area (Å²) in [5, 5.41) is 1.45. The minimum Gasteiger partial charge on any atom is -0.405 e. The van der Waals surface area contributed by atoms with Crippen LogP contribution < -0.4 is 10.1 Å². The van der Waals surface area contributed by atoms with Crippen molar-refractivity contribution in [2.75, 3.05) is 0 Å². The third-order valence-electron chi connectivity index (χ3n) is 1.90. The highest BCUT2D eigenvalue weighted by atomic mass is 19.4. The fraction of sp³-hybridized carbons (Fsp3) is 0.300. The number of amides is 1. The van der Waals surface area contributed by atoms with E-state index >= 15 is 0 Å². The van der Waals surface area contributed by atoms with Gasteiger partial charge in [-0.2, -0.15) is 13.2 Å². The van der Waals surface area contributed by atoms with Crippen molar-refractivity contribution in [1.82, 2.24) is 5.32 Å². The second kappa shape index (κ2) is 5.37. The summed E-state index contributed by atoms with van der Waals surface area (Å²) in [7, 11) is 0. The second-order valence-electron chi connectivity index (χ2n) is 3.34. The SMILES string of the molecule is O=C(NCc1ccccc1OC(F)(F)F)C(F)(F)F. The van der Waals surface area contributed by atoms with E-state index in [1.54, 1.807) is 0 Å². The normalized spacial score (nSPS) is 12.1. The van der Waals surface area contributed by atoms with Gasteiger partial charge in [0.25, 0.3) is 0 Å². The van der Waals surface area contributed by atoms with Crippen molar-refractivity contribution in [2.45, 2.75) is 19.1 Å². The van der Waals surface area contributed by atoms with Gasteiger partial charge in [0.05, 0.1) is 0 Å². The zero-order valence-corrected chi connectivity index (χ0v) is 9.10. The lowest BCUT2D eigenvalue weighted by atomic mass is 10.2. The molecule has 0 bridgehead atoms. The van der Waals surface area contributed by atoms with Gasteiger partial charge in [-0.05, 0) is 6.07 Å². The Labute approximate surface area is 103 Å². The molecule has 1 aromatic rings. The monoisotopic (exact) mass is 287 g/mol. The molecule has 1 N–H and O–H groups in total. The summed E-state index contributed by atoms with van der Waals surface area (Å²) in [6, 6.07) is 4.56. The minimum atomic E-state index is -5.10. The van der Waals surface area contributed by atoms with Crippen LogP contribution in [0.4, 0.5) is 26.3 Å². The third-order valence-corrected chi connectivity index (χ3v) is 1.90. The van der Waals surface area contributed by atoms with Crippen LogP contribution >= 0.6 is 0 Å². The summed E-state index contributed by atoms with van der Waals surface area (Å²) in [6.45, 7) is -0.732. The van der Waals surface area contributed by atoms with E-state index in [9.17, 15) is 31.1 Å². The van der Waals surface area contributed by atoms with Crippen molar-refractivity contribution in [1.29, 1.82) is 0 Å². The summed E-state index contributed by atoms with van der Waals surface area (Å²) >= 11 is 0. The van der Waals surface area contributed by atoms with Crippen molar-refractivity contribution >= 4 is 5.91 Å². The van der Waals surface area contributed by atoms with Crippen molar-refractivity contribution < 1.29 is 35.9 Å². The number of ether oxygens (including phenoxy) is 1. The molecule has 0 aromatic heterocycles. The molecular weight excluding hydrogens is 280 g/mol. The molecule has 0 atom stereocenters. The number of rotatable bonds is 3. The maximum absolute atomic E-state index is 12.0. The van der Waals surface area contributed by atoms with Crippen LogP contribution in [0.2, 0.25) is 0 Å². The highest BCUT2D eigenvalue weighted by Crippen LogP contribution is 2.26. The first-order valence-electron chi connectivity index (χ1n) is 4.78. The van der Waals surface area contributed by atoms with Gasteiger partial charge in [-0.15, -0.1) is 13.2 Å². The molecule has 0 saturated heterocycles. The number of hydrogen-bond donors (Lipinski definition) is 1. The molecule has 0 unspecified atom stereocenters. The largest absolute Gasteiger partial charge is 0.573 e. The van der Waals surface area contributed by atoms with Crippen LogP contribution in [-0.4, -0.2) is 18.4 Å². The Hall–Kier alpha value is -1.93. The number of carbonyl (C=O) groups excluding carboxylic acids is 1. The van der Waals surface area contributed by atoms with Gasteiger partial charge < -0.3 is 10.1 Å². The quantitative estimate of drug-likeness (QED) is 0.868. The van der Waals surface area contributed by atoms with Crippen molar-refractivity contribution in [3.8, 4) is 5.75 Å². The molecule has 1 amide bonds. The number of carbonyl (C=O) groups is 1. The molecule has 19 heavy (non-hydrogen) atoms. The molecule has 0 aliphatic carbocycles. The molecule has 3 nitrogen and oxygen atoms in total. The fourth-order valence-electron chi connectivity index (χ4n) is 1.15. The summed E-state index contributed by atoms with van der Waals surface area (Å²) in [4.78, 5) is 10.5. The maximum atomic E-state index is 12.0. The van der Waals surface area contributed by atoms with Gasteiger partial charge in [0.1, 0.15) is 5.75 Å². The average Bonchev–Trinajstić information content (AvgIpc) is 2.24. The standard InChI is InChI=1S/C10H7F6NO2/c11-9(12,13)8(18)17-5-6-3-1-2-4-7(6)19-10(14,15)16/h1-4H,5H2,(H,17,18). The van der Waals surface area contributed by atoms with Gasteiger partial charge in [0.15, 0.2) is 0 Å². The first kappa shape index (κ1) is 15.1. The van der Waals surface area contributed by atoms with Gasteiger partial charge >= 0.3 is 18.4 Å². The number of halogens is 6. The van der Waals surface area contributed by atoms with E-state index in [4.69, 9.17) is 0 Å². The molecule has 0 aliphatic heterocycles. The Bertz CT molecular complexity index is 454. The number of hydrogen-bond acceptors (Lipinski definition) is 2. The van der Waals surface area contributed by atoms with Crippen LogP contribution in [0.3, 0.4) is 0 Å². The van der Waals surface area contributed by atoms with E-state index in [1.165, 1.54) is 17.4 Å². The number of benzene rings is 1.